The first-order valence-corrected chi connectivity index (χ1v) is 7.89. The molecule has 0 saturated carbocycles. The van der Waals surface area contributed by atoms with Gasteiger partial charge in [0.15, 0.2) is 5.82 Å². The highest BCUT2D eigenvalue weighted by molar-refractivity contribution is 6.34. The van der Waals surface area contributed by atoms with E-state index in [1.807, 2.05) is 0 Å². The quantitative estimate of drug-likeness (QED) is 0.676. The largest absolute Gasteiger partial charge is 0.355 e. The molecule has 1 aromatic heterocycles. The highest BCUT2D eigenvalue weighted by Crippen LogP contribution is 2.28. The number of benzene rings is 1. The van der Waals surface area contributed by atoms with Crippen LogP contribution >= 0.6 is 11.6 Å². The molecule has 1 aromatic carbocycles. The lowest BCUT2D eigenvalue weighted by molar-refractivity contribution is -0.384. The number of nitro benzene ring substituents is 1. The molecule has 2 heterocycles. The molecular weight excluding hydrogens is 332 g/mol. The SMILES string of the molecule is O=C(Nc1cccnc1N1CCCC1)c1ccc([N+](=O)[O-])cc1Cl. The summed E-state index contributed by atoms with van der Waals surface area (Å²) in [6, 6.07) is 7.29. The van der Waals surface area contributed by atoms with Crippen molar-refractivity contribution in [3.63, 3.8) is 0 Å². The van der Waals surface area contributed by atoms with E-state index in [4.69, 9.17) is 11.6 Å². The van der Waals surface area contributed by atoms with E-state index in [0.717, 1.165) is 31.7 Å². The molecule has 0 radical (unpaired) electrons. The fourth-order valence-corrected chi connectivity index (χ4v) is 2.93. The van der Waals surface area contributed by atoms with Gasteiger partial charge in [-0.05, 0) is 31.0 Å². The first-order chi connectivity index (χ1) is 11.6. The number of hydrogen-bond acceptors (Lipinski definition) is 5. The number of nitrogens with zero attached hydrogens (tertiary/aromatic N) is 3. The molecule has 1 N–H and O–H groups in total. The molecule has 0 spiro atoms. The van der Waals surface area contributed by atoms with Gasteiger partial charge < -0.3 is 10.2 Å². The summed E-state index contributed by atoms with van der Waals surface area (Å²) in [4.78, 5) is 29.1. The van der Waals surface area contributed by atoms with Crippen LogP contribution in [0.2, 0.25) is 5.02 Å². The molecular formula is C16H15ClN4O3. The normalized spacial score (nSPS) is 13.8. The summed E-state index contributed by atoms with van der Waals surface area (Å²) in [5, 5.41) is 13.6. The van der Waals surface area contributed by atoms with Crippen molar-refractivity contribution < 1.29 is 9.72 Å². The molecule has 0 bridgehead atoms. The molecule has 1 aliphatic heterocycles. The molecule has 2 aromatic rings. The zero-order valence-corrected chi connectivity index (χ0v) is 13.5. The van der Waals surface area contributed by atoms with Crippen molar-refractivity contribution in [3.8, 4) is 0 Å². The number of anilines is 2. The summed E-state index contributed by atoms with van der Waals surface area (Å²) < 4.78 is 0. The van der Waals surface area contributed by atoms with Crippen LogP contribution in [-0.2, 0) is 0 Å². The van der Waals surface area contributed by atoms with Crippen molar-refractivity contribution in [2.24, 2.45) is 0 Å². The molecule has 1 fully saturated rings. The van der Waals surface area contributed by atoms with Gasteiger partial charge in [0, 0.05) is 31.4 Å². The van der Waals surface area contributed by atoms with Gasteiger partial charge in [-0.15, -0.1) is 0 Å². The maximum Gasteiger partial charge on any atom is 0.270 e. The Morgan fingerprint density at radius 1 is 1.29 bits per heavy atom. The van der Waals surface area contributed by atoms with E-state index < -0.39 is 10.8 Å². The average Bonchev–Trinajstić information content (AvgIpc) is 3.09. The molecule has 7 nitrogen and oxygen atoms in total. The molecule has 124 valence electrons. The van der Waals surface area contributed by atoms with Gasteiger partial charge in [-0.2, -0.15) is 0 Å². The monoisotopic (exact) mass is 346 g/mol. The molecule has 1 amide bonds. The first-order valence-electron chi connectivity index (χ1n) is 7.51. The lowest BCUT2D eigenvalue weighted by atomic mass is 10.2. The Kier molecular flexibility index (Phi) is 4.61. The fraction of sp³-hybridized carbons (Fsp3) is 0.250. The molecule has 3 rings (SSSR count). The second kappa shape index (κ2) is 6.84. The highest BCUT2D eigenvalue weighted by Gasteiger charge is 2.20. The number of nitrogens with one attached hydrogen (secondary N) is 1. The highest BCUT2D eigenvalue weighted by atomic mass is 35.5. The van der Waals surface area contributed by atoms with Gasteiger partial charge in [0.25, 0.3) is 11.6 Å². The lowest BCUT2D eigenvalue weighted by Gasteiger charge is -2.20. The molecule has 1 saturated heterocycles. The Bertz CT molecular complexity index is 791. The van der Waals surface area contributed by atoms with Crippen LogP contribution in [0.15, 0.2) is 36.5 Å². The summed E-state index contributed by atoms with van der Waals surface area (Å²) >= 11 is 6.01. The van der Waals surface area contributed by atoms with E-state index in [-0.39, 0.29) is 16.3 Å². The summed E-state index contributed by atoms with van der Waals surface area (Å²) in [7, 11) is 0. The van der Waals surface area contributed by atoms with E-state index in [9.17, 15) is 14.9 Å². The summed E-state index contributed by atoms with van der Waals surface area (Å²) in [6.45, 7) is 1.80. The van der Waals surface area contributed by atoms with Gasteiger partial charge in [0.2, 0.25) is 0 Å². The minimum atomic E-state index is -0.555. The van der Waals surface area contributed by atoms with E-state index in [1.165, 1.54) is 18.2 Å². The third-order valence-corrected chi connectivity index (χ3v) is 4.16. The molecule has 1 aliphatic rings. The second-order valence-electron chi connectivity index (χ2n) is 5.44. The van der Waals surface area contributed by atoms with Crippen LogP contribution in [0.1, 0.15) is 23.2 Å². The van der Waals surface area contributed by atoms with Crippen LogP contribution in [0.4, 0.5) is 17.2 Å². The van der Waals surface area contributed by atoms with Crippen LogP contribution in [-0.4, -0.2) is 28.9 Å². The molecule has 0 unspecified atom stereocenters. The third-order valence-electron chi connectivity index (χ3n) is 3.85. The predicted molar refractivity (Wildman–Crippen MR) is 91.7 cm³/mol. The number of rotatable bonds is 4. The predicted octanol–water partition coefficient (Wildman–Crippen LogP) is 3.50. The number of amides is 1. The number of nitro groups is 1. The molecule has 0 atom stereocenters. The number of carbonyl (C=O) groups is 1. The third kappa shape index (κ3) is 3.30. The summed E-state index contributed by atoms with van der Waals surface area (Å²) in [5.74, 6) is 0.296. The smallest absolute Gasteiger partial charge is 0.270 e. The van der Waals surface area contributed by atoms with Gasteiger partial charge in [-0.1, -0.05) is 11.6 Å². The van der Waals surface area contributed by atoms with Gasteiger partial charge in [0.05, 0.1) is 21.2 Å². The number of pyridine rings is 1. The van der Waals surface area contributed by atoms with Crippen molar-refractivity contribution in [1.82, 2.24) is 4.98 Å². The Balaban J connectivity index is 1.84. The second-order valence-corrected chi connectivity index (χ2v) is 5.85. The zero-order valence-electron chi connectivity index (χ0n) is 12.7. The van der Waals surface area contributed by atoms with Gasteiger partial charge in [-0.25, -0.2) is 4.98 Å². The van der Waals surface area contributed by atoms with Crippen molar-refractivity contribution in [1.29, 1.82) is 0 Å². The Morgan fingerprint density at radius 3 is 2.71 bits per heavy atom. The lowest BCUT2D eigenvalue weighted by Crippen LogP contribution is -2.22. The van der Waals surface area contributed by atoms with Crippen LogP contribution in [0.3, 0.4) is 0 Å². The zero-order chi connectivity index (χ0) is 17.1. The van der Waals surface area contributed by atoms with E-state index in [2.05, 4.69) is 15.2 Å². The number of hydrogen-bond donors (Lipinski definition) is 1. The van der Waals surface area contributed by atoms with Crippen molar-refractivity contribution in [2.45, 2.75) is 12.8 Å². The van der Waals surface area contributed by atoms with E-state index >= 15 is 0 Å². The molecule has 8 heteroatoms. The first kappa shape index (κ1) is 16.2. The standard InChI is InChI=1S/C16H15ClN4O3/c17-13-10-11(21(23)24)5-6-12(13)16(22)19-14-4-3-7-18-15(14)20-8-1-2-9-20/h3-7,10H,1-2,8-9H2,(H,19,22). The summed E-state index contributed by atoms with van der Waals surface area (Å²) in [6.07, 6.45) is 3.87. The van der Waals surface area contributed by atoms with Gasteiger partial charge >= 0.3 is 0 Å². The Morgan fingerprint density at radius 2 is 2.04 bits per heavy atom. The van der Waals surface area contributed by atoms with Crippen molar-refractivity contribution >= 4 is 34.7 Å². The Hall–Kier alpha value is -2.67. The topological polar surface area (TPSA) is 88.4 Å². The number of carbonyl (C=O) groups excluding carboxylic acids is 1. The van der Waals surface area contributed by atoms with E-state index in [0.29, 0.717) is 5.69 Å². The molecule has 0 aliphatic carbocycles. The minimum absolute atomic E-state index is 0.0355. The number of non-ortho nitro benzene ring substituents is 1. The average molecular weight is 347 g/mol. The Labute approximate surface area is 143 Å². The molecule has 24 heavy (non-hydrogen) atoms. The van der Waals surface area contributed by atoms with Crippen LogP contribution in [0, 0.1) is 10.1 Å². The maximum absolute atomic E-state index is 12.5. The minimum Gasteiger partial charge on any atom is -0.355 e. The number of halogens is 1. The van der Waals surface area contributed by atoms with Crippen LogP contribution < -0.4 is 10.2 Å². The number of aromatic nitrogens is 1. The van der Waals surface area contributed by atoms with Crippen molar-refractivity contribution in [2.75, 3.05) is 23.3 Å². The van der Waals surface area contributed by atoms with Gasteiger partial charge in [0.1, 0.15) is 0 Å². The van der Waals surface area contributed by atoms with Gasteiger partial charge in [-0.3, -0.25) is 14.9 Å². The summed E-state index contributed by atoms with van der Waals surface area (Å²) in [5.41, 5.74) is 0.619. The van der Waals surface area contributed by atoms with Crippen molar-refractivity contribution in [3.05, 3.63) is 57.2 Å². The van der Waals surface area contributed by atoms with Crippen LogP contribution in [0.5, 0.6) is 0 Å². The fourth-order valence-electron chi connectivity index (χ4n) is 2.67. The van der Waals surface area contributed by atoms with E-state index in [1.54, 1.807) is 18.3 Å². The maximum atomic E-state index is 12.5. The van der Waals surface area contributed by atoms with Crippen LogP contribution in [0.25, 0.3) is 0 Å².